The molecule has 0 radical (unpaired) electrons. The van der Waals surface area contributed by atoms with Crippen molar-refractivity contribution in [1.29, 1.82) is 0 Å². The largest absolute Gasteiger partial charge is 0.476 e. The van der Waals surface area contributed by atoms with Gasteiger partial charge in [-0.3, -0.25) is 0 Å². The van der Waals surface area contributed by atoms with E-state index in [4.69, 9.17) is 15.2 Å². The summed E-state index contributed by atoms with van der Waals surface area (Å²) in [4.78, 5) is 6.60. The molecule has 1 aliphatic heterocycles. The molecular weight excluding hydrogens is 258 g/mol. The van der Waals surface area contributed by atoms with Gasteiger partial charge in [0, 0.05) is 13.1 Å². The molecule has 110 valence electrons. The Kier molecular flexibility index (Phi) is 3.93. The zero-order valence-electron chi connectivity index (χ0n) is 11.5. The summed E-state index contributed by atoms with van der Waals surface area (Å²) in [5.41, 5.74) is 6.48. The van der Waals surface area contributed by atoms with Crippen molar-refractivity contribution < 1.29 is 14.6 Å². The van der Waals surface area contributed by atoms with Crippen LogP contribution < -0.4 is 15.4 Å². The van der Waals surface area contributed by atoms with Crippen LogP contribution in [-0.2, 0) is 4.74 Å². The van der Waals surface area contributed by atoms with E-state index in [9.17, 15) is 5.11 Å². The maximum atomic E-state index is 9.19. The highest BCUT2D eigenvalue weighted by molar-refractivity contribution is 5.54. The molecule has 1 aromatic rings. The lowest BCUT2D eigenvalue weighted by Crippen LogP contribution is -2.44. The minimum atomic E-state index is -0.154. The molecule has 20 heavy (non-hydrogen) atoms. The maximum absolute atomic E-state index is 9.19. The summed E-state index contributed by atoms with van der Waals surface area (Å²) in [6, 6.07) is 3.72. The van der Waals surface area contributed by atoms with E-state index >= 15 is 0 Å². The van der Waals surface area contributed by atoms with Gasteiger partial charge < -0.3 is 25.2 Å². The lowest BCUT2D eigenvalue weighted by molar-refractivity contribution is 0.00334. The standard InChI is InChI=1S/C14H21N3O3/c15-12-3-4-13(16-14(12)20-9-10-1-2-10)17-5-6-19-11(7-17)8-18/h3-4,10-11,18H,1-2,5-9,15H2. The van der Waals surface area contributed by atoms with Crippen molar-refractivity contribution >= 4 is 11.5 Å². The van der Waals surface area contributed by atoms with Crippen LogP contribution in [0.25, 0.3) is 0 Å². The second-order valence-electron chi connectivity index (χ2n) is 5.44. The number of aliphatic hydroxyl groups is 1. The molecule has 6 nitrogen and oxygen atoms in total. The van der Waals surface area contributed by atoms with Gasteiger partial charge in [-0.2, -0.15) is 4.98 Å². The van der Waals surface area contributed by atoms with Crippen LogP contribution in [0.15, 0.2) is 12.1 Å². The second kappa shape index (κ2) is 5.85. The quantitative estimate of drug-likeness (QED) is 0.823. The highest BCUT2D eigenvalue weighted by atomic mass is 16.5. The van der Waals surface area contributed by atoms with Crippen LogP contribution in [0.2, 0.25) is 0 Å². The Morgan fingerprint density at radius 3 is 3.05 bits per heavy atom. The van der Waals surface area contributed by atoms with Gasteiger partial charge in [-0.25, -0.2) is 0 Å². The molecule has 0 bridgehead atoms. The van der Waals surface area contributed by atoms with E-state index < -0.39 is 0 Å². The Morgan fingerprint density at radius 1 is 1.45 bits per heavy atom. The number of hydrogen-bond acceptors (Lipinski definition) is 6. The number of hydrogen-bond donors (Lipinski definition) is 2. The van der Waals surface area contributed by atoms with Gasteiger partial charge in [-0.05, 0) is 30.9 Å². The average molecular weight is 279 g/mol. The number of nitrogens with two attached hydrogens (primary N) is 1. The summed E-state index contributed by atoms with van der Waals surface area (Å²) >= 11 is 0. The Hall–Kier alpha value is -1.53. The molecule has 3 N–H and O–H groups in total. The number of morpholine rings is 1. The number of anilines is 2. The lowest BCUT2D eigenvalue weighted by Gasteiger charge is -2.33. The van der Waals surface area contributed by atoms with E-state index in [2.05, 4.69) is 9.88 Å². The molecule has 2 heterocycles. The number of rotatable bonds is 5. The van der Waals surface area contributed by atoms with Gasteiger partial charge >= 0.3 is 0 Å². The third-order valence-electron chi connectivity index (χ3n) is 3.69. The topological polar surface area (TPSA) is 80.8 Å². The lowest BCUT2D eigenvalue weighted by atomic mass is 10.2. The summed E-state index contributed by atoms with van der Waals surface area (Å²) in [6.07, 6.45) is 2.32. The summed E-state index contributed by atoms with van der Waals surface area (Å²) in [7, 11) is 0. The van der Waals surface area contributed by atoms with Crippen LogP contribution >= 0.6 is 0 Å². The van der Waals surface area contributed by atoms with Crippen molar-refractivity contribution in [2.24, 2.45) is 5.92 Å². The van der Waals surface area contributed by atoms with Crippen molar-refractivity contribution in [2.45, 2.75) is 18.9 Å². The molecule has 3 rings (SSSR count). The number of aromatic nitrogens is 1. The third-order valence-corrected chi connectivity index (χ3v) is 3.69. The molecule has 2 aliphatic rings. The Labute approximate surface area is 118 Å². The third kappa shape index (κ3) is 3.13. The Bertz CT molecular complexity index is 465. The van der Waals surface area contributed by atoms with Crippen LogP contribution in [0.4, 0.5) is 11.5 Å². The SMILES string of the molecule is Nc1ccc(N2CCOC(CO)C2)nc1OCC1CC1. The molecule has 1 saturated carbocycles. The highest BCUT2D eigenvalue weighted by Gasteiger charge is 2.24. The number of ether oxygens (including phenoxy) is 2. The van der Waals surface area contributed by atoms with Gasteiger partial charge in [0.05, 0.1) is 31.6 Å². The second-order valence-corrected chi connectivity index (χ2v) is 5.44. The average Bonchev–Trinajstić information content (AvgIpc) is 3.31. The van der Waals surface area contributed by atoms with Crippen molar-refractivity contribution in [1.82, 2.24) is 4.98 Å². The summed E-state index contributed by atoms with van der Waals surface area (Å²) in [5, 5.41) is 9.19. The van der Waals surface area contributed by atoms with Gasteiger partial charge in [0.1, 0.15) is 5.82 Å². The molecular formula is C14H21N3O3. The summed E-state index contributed by atoms with van der Waals surface area (Å²) in [6.45, 7) is 2.71. The molecule has 1 atom stereocenters. The molecule has 1 aliphatic carbocycles. The molecule has 0 spiro atoms. The summed E-state index contributed by atoms with van der Waals surface area (Å²) in [5.74, 6) is 2.01. The van der Waals surface area contributed by atoms with Gasteiger partial charge in [-0.15, -0.1) is 0 Å². The minimum absolute atomic E-state index is 0.0243. The fourth-order valence-electron chi connectivity index (χ4n) is 2.25. The predicted octanol–water partition coefficient (Wildman–Crippen LogP) is 0.650. The monoisotopic (exact) mass is 279 g/mol. The normalized spacial score (nSPS) is 22.9. The van der Waals surface area contributed by atoms with Crippen molar-refractivity contribution in [3.8, 4) is 5.88 Å². The van der Waals surface area contributed by atoms with Crippen LogP contribution in [0.1, 0.15) is 12.8 Å². The molecule has 0 amide bonds. The molecule has 6 heteroatoms. The van der Waals surface area contributed by atoms with E-state index in [0.717, 1.165) is 12.4 Å². The van der Waals surface area contributed by atoms with Crippen LogP contribution in [0.5, 0.6) is 5.88 Å². The van der Waals surface area contributed by atoms with E-state index in [1.807, 2.05) is 12.1 Å². The van der Waals surface area contributed by atoms with E-state index in [-0.39, 0.29) is 12.7 Å². The smallest absolute Gasteiger partial charge is 0.239 e. The highest BCUT2D eigenvalue weighted by Crippen LogP contribution is 2.31. The number of aliphatic hydroxyl groups excluding tert-OH is 1. The zero-order chi connectivity index (χ0) is 13.9. The van der Waals surface area contributed by atoms with Crippen molar-refractivity contribution in [2.75, 3.05) is 43.5 Å². The van der Waals surface area contributed by atoms with Crippen LogP contribution in [0.3, 0.4) is 0 Å². The van der Waals surface area contributed by atoms with Gasteiger partial charge in [0.15, 0.2) is 0 Å². The first-order chi connectivity index (χ1) is 9.76. The number of nitrogen functional groups attached to an aromatic ring is 1. The van der Waals surface area contributed by atoms with Crippen LogP contribution in [0, 0.1) is 5.92 Å². The van der Waals surface area contributed by atoms with Gasteiger partial charge in [0.2, 0.25) is 5.88 Å². The molecule has 2 fully saturated rings. The predicted molar refractivity (Wildman–Crippen MR) is 75.9 cm³/mol. The zero-order valence-corrected chi connectivity index (χ0v) is 11.5. The van der Waals surface area contributed by atoms with Gasteiger partial charge in [-0.1, -0.05) is 0 Å². The first-order valence-corrected chi connectivity index (χ1v) is 7.13. The maximum Gasteiger partial charge on any atom is 0.239 e. The fourth-order valence-corrected chi connectivity index (χ4v) is 2.25. The molecule has 1 saturated heterocycles. The van der Waals surface area contributed by atoms with E-state index in [1.54, 1.807) is 0 Å². The molecule has 0 aromatic carbocycles. The Balaban J connectivity index is 1.70. The van der Waals surface area contributed by atoms with Crippen molar-refractivity contribution in [3.05, 3.63) is 12.1 Å². The molecule has 1 aromatic heterocycles. The van der Waals surface area contributed by atoms with E-state index in [1.165, 1.54) is 12.8 Å². The fraction of sp³-hybridized carbons (Fsp3) is 0.643. The molecule has 1 unspecified atom stereocenters. The first-order valence-electron chi connectivity index (χ1n) is 7.13. The van der Waals surface area contributed by atoms with E-state index in [0.29, 0.717) is 37.2 Å². The number of pyridine rings is 1. The number of nitrogens with zero attached hydrogens (tertiary/aromatic N) is 2. The first kappa shape index (κ1) is 13.5. The Morgan fingerprint density at radius 2 is 2.30 bits per heavy atom. The van der Waals surface area contributed by atoms with Crippen molar-refractivity contribution in [3.63, 3.8) is 0 Å². The summed E-state index contributed by atoms with van der Waals surface area (Å²) < 4.78 is 11.1. The van der Waals surface area contributed by atoms with Gasteiger partial charge in [0.25, 0.3) is 0 Å². The minimum Gasteiger partial charge on any atom is -0.476 e. The van der Waals surface area contributed by atoms with Crippen LogP contribution in [-0.4, -0.2) is 49.1 Å².